The highest BCUT2D eigenvalue weighted by Gasteiger charge is 2.34. The van der Waals surface area contributed by atoms with Crippen molar-refractivity contribution in [2.75, 3.05) is 28.1 Å². The number of imidazole rings is 2. The molecule has 3 heterocycles. The fourth-order valence-corrected chi connectivity index (χ4v) is 6.21. The number of hydrogen-bond donors (Lipinski definition) is 6. The van der Waals surface area contributed by atoms with E-state index in [0.29, 0.717) is 11.6 Å². The van der Waals surface area contributed by atoms with Crippen molar-refractivity contribution in [2.45, 2.75) is 84.3 Å². The molecule has 56 heavy (non-hydrogen) atoms. The smallest absolute Gasteiger partial charge is 0.407 e. The minimum absolute atomic E-state index is 0.0146. The molecule has 1 aliphatic rings. The van der Waals surface area contributed by atoms with Crippen LogP contribution in [0.15, 0.2) is 60.9 Å². The zero-order valence-electron chi connectivity index (χ0n) is 33.3. The Morgan fingerprint density at radius 1 is 0.643 bits per heavy atom. The molecule has 0 radical (unpaired) electrons. The average Bonchev–Trinajstić information content (AvgIpc) is 3.88. The Morgan fingerprint density at radius 2 is 1.05 bits per heavy atom. The summed E-state index contributed by atoms with van der Waals surface area (Å²) in [4.78, 5) is 54.6. The van der Waals surface area contributed by atoms with Crippen molar-refractivity contribution < 1.29 is 38.1 Å². The molecule has 1 saturated heterocycles. The summed E-state index contributed by atoms with van der Waals surface area (Å²) in [6.45, 7) is 11.7. The lowest BCUT2D eigenvalue weighted by atomic mass is 10.0. The van der Waals surface area contributed by atoms with Gasteiger partial charge in [0.1, 0.15) is 23.7 Å². The minimum atomic E-state index is -0.964. The molecule has 6 atom stereocenters. The molecule has 0 unspecified atom stereocenters. The molecule has 0 saturated carbocycles. The van der Waals surface area contributed by atoms with Gasteiger partial charge < -0.3 is 49.6 Å². The Bertz CT molecular complexity index is 1890. The summed E-state index contributed by atoms with van der Waals surface area (Å²) in [5.74, 6) is 0.596. The van der Waals surface area contributed by atoms with E-state index in [1.165, 1.54) is 14.2 Å². The molecule has 1 aliphatic heterocycles. The Balaban J connectivity index is 1.24. The number of aromatic nitrogens is 4. The zero-order valence-corrected chi connectivity index (χ0v) is 33.3. The van der Waals surface area contributed by atoms with Gasteiger partial charge in [0.15, 0.2) is 6.79 Å². The first-order valence-corrected chi connectivity index (χ1v) is 18.6. The molecule has 302 valence electrons. The molecule has 16 heteroatoms. The summed E-state index contributed by atoms with van der Waals surface area (Å²) >= 11 is 0. The Kier molecular flexibility index (Phi) is 14.4. The predicted octanol–water partition coefficient (Wildman–Crippen LogP) is 4.80. The number of benzene rings is 2. The van der Waals surface area contributed by atoms with Gasteiger partial charge in [-0.05, 0) is 47.9 Å². The second-order valence-corrected chi connectivity index (χ2v) is 14.4. The number of carbonyl (C=O) groups is 3. The Labute approximate surface area is 327 Å². The van der Waals surface area contributed by atoms with Crippen LogP contribution >= 0.6 is 0 Å². The number of ether oxygens (including phenoxy) is 5. The molecular weight excluding hydrogens is 720 g/mol. The van der Waals surface area contributed by atoms with Crippen molar-refractivity contribution in [3.8, 4) is 33.6 Å². The number of H-pyrrole nitrogens is 2. The van der Waals surface area contributed by atoms with Gasteiger partial charge in [-0.25, -0.2) is 14.8 Å². The number of rotatable bonds is 18. The summed E-state index contributed by atoms with van der Waals surface area (Å²) in [5, 5.41) is 11.7. The molecule has 0 bridgehead atoms. The third-order valence-corrected chi connectivity index (χ3v) is 9.89. The number of carbonyl (C=O) groups excluding carboxylic acids is 3. The van der Waals surface area contributed by atoms with E-state index < -0.39 is 48.7 Å². The summed E-state index contributed by atoms with van der Waals surface area (Å²) in [5.41, 5.74) is 5.56. The summed E-state index contributed by atoms with van der Waals surface area (Å²) < 4.78 is 26.0. The van der Waals surface area contributed by atoms with E-state index >= 15 is 0 Å². The first-order chi connectivity index (χ1) is 26.8. The van der Waals surface area contributed by atoms with Gasteiger partial charge in [0, 0.05) is 14.2 Å². The Morgan fingerprint density at radius 3 is 1.43 bits per heavy atom. The maximum atomic E-state index is 13.4. The van der Waals surface area contributed by atoms with Crippen LogP contribution in [-0.4, -0.2) is 96.7 Å². The van der Waals surface area contributed by atoms with Gasteiger partial charge in [0.2, 0.25) is 18.2 Å². The van der Waals surface area contributed by atoms with Crippen molar-refractivity contribution in [3.05, 3.63) is 72.6 Å². The standard InChI is InChI=1S/C40H54N8O8/c1-21(2)31(45-37(49)33(23(5)52-7)47-39(51)54-9)35-41-18-29(43-35)27-14-10-25(11-15-27)26-12-16-28(17-13-26)30-19-42-36(44-30)32(22(3)4)46-38(50)34(24(6)53-8)48-40-55-20-56-40/h10-19,21-24,31-34,40,48H,20H2,1-9H3,(H,41,43)(H,42,44)(H,45,49)(H,46,50)(H,47,51)/t23-,24-,31-,32-,33+,34+/m1/s1. The first-order valence-electron chi connectivity index (χ1n) is 18.6. The lowest BCUT2D eigenvalue weighted by Crippen LogP contribution is -2.58. The second-order valence-electron chi connectivity index (χ2n) is 14.4. The van der Waals surface area contributed by atoms with Crippen molar-refractivity contribution in [1.29, 1.82) is 0 Å². The third kappa shape index (κ3) is 10.2. The van der Waals surface area contributed by atoms with Crippen molar-refractivity contribution in [3.63, 3.8) is 0 Å². The quantitative estimate of drug-likeness (QED) is 0.0811. The van der Waals surface area contributed by atoms with Gasteiger partial charge in [-0.1, -0.05) is 76.2 Å². The van der Waals surface area contributed by atoms with Gasteiger partial charge in [0.05, 0.1) is 55.2 Å². The first kappa shape index (κ1) is 42.0. The zero-order chi connectivity index (χ0) is 40.5. The molecule has 1 fully saturated rings. The highest BCUT2D eigenvalue weighted by molar-refractivity contribution is 5.86. The molecule has 2 aromatic carbocycles. The largest absolute Gasteiger partial charge is 0.453 e. The van der Waals surface area contributed by atoms with Gasteiger partial charge in [-0.3, -0.25) is 14.9 Å². The average molecular weight is 775 g/mol. The van der Waals surface area contributed by atoms with Gasteiger partial charge in [-0.2, -0.15) is 0 Å². The lowest BCUT2D eigenvalue weighted by molar-refractivity contribution is -0.336. The van der Waals surface area contributed by atoms with E-state index in [1.807, 2.05) is 71.0 Å². The molecule has 4 aromatic rings. The SMILES string of the molecule is COC(=O)N[C@H](C(=O)N[C@@H](c1ncc(-c2ccc(-c3ccc(-c4cnc([C@H](NC(=O)[C@@H](NC5OCO5)[C@@H](C)OC)C(C)C)[nH]4)cc3)cc2)[nH]1)C(C)C)[C@@H](C)OC. The fourth-order valence-electron chi connectivity index (χ4n) is 6.21. The van der Waals surface area contributed by atoms with E-state index in [0.717, 1.165) is 33.6 Å². The normalized spacial score (nSPS) is 16.3. The lowest BCUT2D eigenvalue weighted by Gasteiger charge is -2.33. The summed E-state index contributed by atoms with van der Waals surface area (Å²) in [6.07, 6.45) is 1.11. The van der Waals surface area contributed by atoms with Crippen LogP contribution in [0.4, 0.5) is 4.79 Å². The molecule has 2 aromatic heterocycles. The molecule has 3 amide bonds. The molecule has 6 N–H and O–H groups in total. The van der Waals surface area contributed by atoms with Crippen LogP contribution in [0, 0.1) is 11.8 Å². The number of methoxy groups -OCH3 is 3. The van der Waals surface area contributed by atoms with E-state index in [9.17, 15) is 14.4 Å². The maximum absolute atomic E-state index is 13.4. The summed E-state index contributed by atoms with van der Waals surface area (Å²) in [6, 6.07) is 13.8. The van der Waals surface area contributed by atoms with Crippen LogP contribution < -0.4 is 21.3 Å². The van der Waals surface area contributed by atoms with Gasteiger partial charge in [-0.15, -0.1) is 0 Å². The van der Waals surface area contributed by atoms with E-state index in [1.54, 1.807) is 26.4 Å². The molecule has 0 spiro atoms. The summed E-state index contributed by atoms with van der Waals surface area (Å²) in [7, 11) is 4.26. The van der Waals surface area contributed by atoms with E-state index in [4.69, 9.17) is 23.7 Å². The predicted molar refractivity (Wildman–Crippen MR) is 209 cm³/mol. The highest BCUT2D eigenvalue weighted by Crippen LogP contribution is 2.29. The number of alkyl carbamates (subject to hydrolysis) is 1. The molecular formula is C40H54N8O8. The Hall–Kier alpha value is -5.13. The number of nitrogens with zero attached hydrogens (tertiary/aromatic N) is 2. The van der Waals surface area contributed by atoms with Crippen LogP contribution in [0.3, 0.4) is 0 Å². The van der Waals surface area contributed by atoms with Gasteiger partial charge >= 0.3 is 6.09 Å². The van der Waals surface area contributed by atoms with Gasteiger partial charge in [0.25, 0.3) is 0 Å². The molecule has 5 rings (SSSR count). The fraction of sp³-hybridized carbons (Fsp3) is 0.475. The number of amides is 3. The number of aromatic amines is 2. The topological polar surface area (TPSA) is 203 Å². The van der Waals surface area contributed by atoms with Crippen molar-refractivity contribution >= 4 is 17.9 Å². The van der Waals surface area contributed by atoms with Crippen LogP contribution in [0.25, 0.3) is 33.6 Å². The van der Waals surface area contributed by atoms with Crippen molar-refractivity contribution in [1.82, 2.24) is 41.2 Å². The second kappa shape index (κ2) is 19.1. The van der Waals surface area contributed by atoms with Crippen molar-refractivity contribution in [2.24, 2.45) is 11.8 Å². The number of hydrogen-bond acceptors (Lipinski definition) is 11. The highest BCUT2D eigenvalue weighted by atomic mass is 16.9. The van der Waals surface area contributed by atoms with Crippen LogP contribution in [0.2, 0.25) is 0 Å². The number of nitrogens with one attached hydrogen (secondary N) is 6. The third-order valence-electron chi connectivity index (χ3n) is 9.89. The van der Waals surface area contributed by atoms with Crippen LogP contribution in [0.1, 0.15) is 65.3 Å². The minimum Gasteiger partial charge on any atom is -0.453 e. The molecule has 0 aliphatic carbocycles. The van der Waals surface area contributed by atoms with E-state index in [-0.39, 0.29) is 30.6 Å². The maximum Gasteiger partial charge on any atom is 0.407 e. The van der Waals surface area contributed by atoms with E-state index in [2.05, 4.69) is 53.3 Å². The van der Waals surface area contributed by atoms with Crippen LogP contribution in [-0.2, 0) is 33.3 Å². The van der Waals surface area contributed by atoms with Crippen LogP contribution in [0.5, 0.6) is 0 Å². The monoisotopic (exact) mass is 774 g/mol. The molecule has 16 nitrogen and oxygen atoms in total.